The predicted molar refractivity (Wildman–Crippen MR) is 127 cm³/mol. The molecule has 2 aromatic carbocycles. The van der Waals surface area contributed by atoms with Crippen molar-refractivity contribution in [2.45, 2.75) is 19.9 Å². The molecule has 2 aromatic rings. The summed E-state index contributed by atoms with van der Waals surface area (Å²) in [5.74, 6) is 0.972. The molecule has 0 radical (unpaired) electrons. The first-order valence-corrected chi connectivity index (χ1v) is 9.91. The second kappa shape index (κ2) is 10.1. The third kappa shape index (κ3) is 4.60. The Morgan fingerprint density at radius 3 is 2.50 bits per heavy atom. The minimum Gasteiger partial charge on any atom is -0.378 e. The highest BCUT2D eigenvalue weighted by Crippen LogP contribution is 2.28. The zero-order valence-corrected chi connectivity index (χ0v) is 18.8. The molecule has 2 heterocycles. The van der Waals surface area contributed by atoms with Crippen molar-refractivity contribution >= 4 is 41.3 Å². The SMILES string of the molecule is CCNC(=NCc1ccccc1N1CCOCC1)N1CCc2ccccc21.I. The molecular formula is C22H29IN4O. The number of nitrogens with one attached hydrogen (secondary N) is 1. The van der Waals surface area contributed by atoms with Crippen LogP contribution in [0.2, 0.25) is 0 Å². The fourth-order valence-electron chi connectivity index (χ4n) is 3.87. The number of guanidine groups is 1. The minimum absolute atomic E-state index is 0. The van der Waals surface area contributed by atoms with E-state index in [2.05, 4.69) is 70.6 Å². The van der Waals surface area contributed by atoms with Gasteiger partial charge in [0.2, 0.25) is 0 Å². The zero-order chi connectivity index (χ0) is 18.5. The number of anilines is 2. The van der Waals surface area contributed by atoms with Crippen LogP contribution in [0.3, 0.4) is 0 Å². The summed E-state index contributed by atoms with van der Waals surface area (Å²) in [5, 5.41) is 3.48. The molecule has 0 bridgehead atoms. The summed E-state index contributed by atoms with van der Waals surface area (Å²) in [6.45, 7) is 8.13. The van der Waals surface area contributed by atoms with Crippen molar-refractivity contribution in [1.29, 1.82) is 0 Å². The average Bonchev–Trinajstić information content (AvgIpc) is 3.16. The molecule has 0 saturated carbocycles. The summed E-state index contributed by atoms with van der Waals surface area (Å²) >= 11 is 0. The van der Waals surface area contributed by atoms with Gasteiger partial charge in [0.15, 0.2) is 5.96 Å². The normalized spacial score (nSPS) is 16.5. The van der Waals surface area contributed by atoms with E-state index < -0.39 is 0 Å². The van der Waals surface area contributed by atoms with Crippen molar-refractivity contribution in [3.8, 4) is 0 Å². The maximum Gasteiger partial charge on any atom is 0.198 e. The number of para-hydroxylation sites is 2. The number of ether oxygens (including phenoxy) is 1. The smallest absolute Gasteiger partial charge is 0.198 e. The van der Waals surface area contributed by atoms with Crippen LogP contribution in [0.5, 0.6) is 0 Å². The summed E-state index contributed by atoms with van der Waals surface area (Å²) in [5.41, 5.74) is 5.22. The van der Waals surface area contributed by atoms with Gasteiger partial charge < -0.3 is 19.9 Å². The predicted octanol–water partition coefficient (Wildman–Crippen LogP) is 3.67. The molecule has 0 aromatic heterocycles. The number of fused-ring (bicyclic) bond motifs is 1. The lowest BCUT2D eigenvalue weighted by Crippen LogP contribution is -2.40. The van der Waals surface area contributed by atoms with Crippen molar-refractivity contribution in [2.24, 2.45) is 4.99 Å². The van der Waals surface area contributed by atoms with Gasteiger partial charge in [0.25, 0.3) is 0 Å². The number of aliphatic imine (C=N–C) groups is 1. The van der Waals surface area contributed by atoms with Crippen LogP contribution >= 0.6 is 24.0 Å². The second-order valence-corrected chi connectivity index (χ2v) is 6.93. The summed E-state index contributed by atoms with van der Waals surface area (Å²) < 4.78 is 5.51. The Hall–Kier alpha value is -1.80. The molecule has 2 aliphatic heterocycles. The Bertz CT molecular complexity index is 805. The van der Waals surface area contributed by atoms with Gasteiger partial charge in [-0.25, -0.2) is 4.99 Å². The standard InChI is InChI=1S/C22H28N4O.HI/c1-2-23-22(26-12-11-18-7-3-6-10-21(18)26)24-17-19-8-4-5-9-20(19)25-13-15-27-16-14-25;/h3-10H,2,11-17H2,1H3,(H,23,24);1H. The maximum atomic E-state index is 5.51. The van der Waals surface area contributed by atoms with E-state index in [1.54, 1.807) is 0 Å². The molecule has 6 heteroatoms. The number of hydrogen-bond acceptors (Lipinski definition) is 3. The van der Waals surface area contributed by atoms with Gasteiger partial charge in [-0.2, -0.15) is 0 Å². The van der Waals surface area contributed by atoms with Crippen LogP contribution in [0.4, 0.5) is 11.4 Å². The van der Waals surface area contributed by atoms with E-state index >= 15 is 0 Å². The van der Waals surface area contributed by atoms with Crippen molar-refractivity contribution in [2.75, 3.05) is 49.2 Å². The third-order valence-electron chi connectivity index (χ3n) is 5.22. The molecule has 1 saturated heterocycles. The first-order chi connectivity index (χ1) is 13.4. The van der Waals surface area contributed by atoms with Gasteiger partial charge in [0.1, 0.15) is 0 Å². The van der Waals surface area contributed by atoms with Crippen LogP contribution in [-0.4, -0.2) is 45.4 Å². The van der Waals surface area contributed by atoms with Gasteiger partial charge in [-0.15, -0.1) is 24.0 Å². The molecular weight excluding hydrogens is 463 g/mol. The van der Waals surface area contributed by atoms with E-state index in [0.29, 0.717) is 6.54 Å². The summed E-state index contributed by atoms with van der Waals surface area (Å²) in [6.07, 6.45) is 1.07. The topological polar surface area (TPSA) is 40.1 Å². The van der Waals surface area contributed by atoms with Crippen LogP contribution in [0.1, 0.15) is 18.1 Å². The average molecular weight is 492 g/mol. The fourth-order valence-corrected chi connectivity index (χ4v) is 3.87. The summed E-state index contributed by atoms with van der Waals surface area (Å²) in [4.78, 5) is 9.72. The molecule has 0 unspecified atom stereocenters. The molecule has 0 amide bonds. The minimum atomic E-state index is 0. The molecule has 2 aliphatic rings. The van der Waals surface area contributed by atoms with E-state index in [1.165, 1.54) is 22.5 Å². The van der Waals surface area contributed by atoms with Crippen molar-refractivity contribution in [3.63, 3.8) is 0 Å². The number of hydrogen-bond donors (Lipinski definition) is 1. The number of halogens is 1. The lowest BCUT2D eigenvalue weighted by Gasteiger charge is -2.30. The third-order valence-corrected chi connectivity index (χ3v) is 5.22. The monoisotopic (exact) mass is 492 g/mol. The maximum absolute atomic E-state index is 5.51. The zero-order valence-electron chi connectivity index (χ0n) is 16.4. The number of nitrogens with zero attached hydrogens (tertiary/aromatic N) is 3. The van der Waals surface area contributed by atoms with Crippen LogP contribution < -0.4 is 15.1 Å². The highest BCUT2D eigenvalue weighted by molar-refractivity contribution is 14.0. The Balaban J connectivity index is 0.00000225. The molecule has 4 rings (SSSR count). The Morgan fingerprint density at radius 2 is 1.71 bits per heavy atom. The number of rotatable bonds is 4. The highest BCUT2D eigenvalue weighted by atomic mass is 127. The van der Waals surface area contributed by atoms with E-state index in [-0.39, 0.29) is 24.0 Å². The van der Waals surface area contributed by atoms with Crippen molar-refractivity contribution in [1.82, 2.24) is 5.32 Å². The largest absolute Gasteiger partial charge is 0.378 e. The van der Waals surface area contributed by atoms with Crippen LogP contribution in [0, 0.1) is 0 Å². The molecule has 0 atom stereocenters. The van der Waals surface area contributed by atoms with Gasteiger partial charge in [-0.05, 0) is 36.6 Å². The van der Waals surface area contributed by atoms with Crippen molar-refractivity contribution in [3.05, 3.63) is 59.7 Å². The van der Waals surface area contributed by atoms with Crippen LogP contribution in [0.25, 0.3) is 0 Å². The van der Waals surface area contributed by atoms with Gasteiger partial charge in [0.05, 0.1) is 19.8 Å². The Labute approximate surface area is 184 Å². The lowest BCUT2D eigenvalue weighted by molar-refractivity contribution is 0.122. The molecule has 0 spiro atoms. The molecule has 0 aliphatic carbocycles. The highest BCUT2D eigenvalue weighted by Gasteiger charge is 2.22. The van der Waals surface area contributed by atoms with Gasteiger partial charge in [0, 0.05) is 37.6 Å². The molecule has 28 heavy (non-hydrogen) atoms. The Kier molecular flexibility index (Phi) is 7.56. The number of benzene rings is 2. The Morgan fingerprint density at radius 1 is 1.00 bits per heavy atom. The summed E-state index contributed by atoms with van der Waals surface area (Å²) in [7, 11) is 0. The lowest BCUT2D eigenvalue weighted by atomic mass is 10.1. The van der Waals surface area contributed by atoms with E-state index in [0.717, 1.165) is 51.8 Å². The van der Waals surface area contributed by atoms with Gasteiger partial charge in [-0.3, -0.25) is 0 Å². The van der Waals surface area contributed by atoms with Gasteiger partial charge in [-0.1, -0.05) is 36.4 Å². The van der Waals surface area contributed by atoms with E-state index in [9.17, 15) is 0 Å². The quantitative estimate of drug-likeness (QED) is 0.402. The molecule has 5 nitrogen and oxygen atoms in total. The first-order valence-electron chi connectivity index (χ1n) is 9.91. The van der Waals surface area contributed by atoms with Gasteiger partial charge >= 0.3 is 0 Å². The second-order valence-electron chi connectivity index (χ2n) is 6.93. The van der Waals surface area contributed by atoms with Crippen molar-refractivity contribution < 1.29 is 4.74 Å². The number of morpholine rings is 1. The summed E-state index contributed by atoms with van der Waals surface area (Å²) in [6, 6.07) is 17.2. The molecule has 1 fully saturated rings. The van der Waals surface area contributed by atoms with Crippen LogP contribution in [-0.2, 0) is 17.7 Å². The fraction of sp³-hybridized carbons (Fsp3) is 0.409. The van der Waals surface area contributed by atoms with Crippen LogP contribution in [0.15, 0.2) is 53.5 Å². The first kappa shape index (κ1) is 20.9. The molecule has 150 valence electrons. The molecule has 1 N–H and O–H groups in total. The van der Waals surface area contributed by atoms with E-state index in [1.807, 2.05) is 0 Å². The van der Waals surface area contributed by atoms with E-state index in [4.69, 9.17) is 9.73 Å².